The van der Waals surface area contributed by atoms with Crippen LogP contribution in [-0.4, -0.2) is 26.0 Å². The maximum Gasteiger partial charge on any atom is 0.248 e. The Kier molecular flexibility index (Phi) is 5.25. The second-order valence-electron chi connectivity index (χ2n) is 6.63. The number of carbonyl (C=O) groups excluding carboxylic acids is 1. The number of hydrogen-bond donors (Lipinski definition) is 1. The lowest BCUT2D eigenvalue weighted by Crippen LogP contribution is -2.28. The van der Waals surface area contributed by atoms with Gasteiger partial charge in [-0.25, -0.2) is 0 Å². The summed E-state index contributed by atoms with van der Waals surface area (Å²) in [5, 5.41) is 16.0. The van der Waals surface area contributed by atoms with E-state index in [0.717, 1.165) is 11.1 Å². The molecular weight excluding hydrogens is 413 g/mol. The van der Waals surface area contributed by atoms with E-state index in [2.05, 4.69) is 20.8 Å². The number of ether oxygens (including phenoxy) is 1. The average molecular weight is 430 g/mol. The third-order valence-corrected chi connectivity index (χ3v) is 5.29. The van der Waals surface area contributed by atoms with Gasteiger partial charge in [-0.15, -0.1) is 0 Å². The van der Waals surface area contributed by atoms with Crippen molar-refractivity contribution in [3.8, 4) is 5.75 Å². The van der Waals surface area contributed by atoms with Gasteiger partial charge in [0.1, 0.15) is 18.4 Å². The highest BCUT2D eigenvalue weighted by Crippen LogP contribution is 2.39. The maximum atomic E-state index is 12.4. The highest BCUT2D eigenvalue weighted by Gasteiger charge is 2.34. The molecule has 2 aromatic carbocycles. The topological polar surface area (TPSA) is 81.9 Å². The fourth-order valence-electron chi connectivity index (χ4n) is 3.39. The lowest BCUT2D eigenvalue weighted by atomic mass is 9.92. The minimum atomic E-state index is -0.504. The molecule has 0 fully saturated rings. The molecule has 0 saturated carbocycles. The Morgan fingerprint density at radius 2 is 2.03 bits per heavy atom. The van der Waals surface area contributed by atoms with Gasteiger partial charge in [0.2, 0.25) is 5.95 Å². The highest BCUT2D eigenvalue weighted by molar-refractivity contribution is 6.35. The van der Waals surface area contributed by atoms with Crippen LogP contribution >= 0.6 is 23.2 Å². The molecule has 9 heteroatoms. The van der Waals surface area contributed by atoms with Gasteiger partial charge in [0.25, 0.3) is 0 Å². The Hall–Kier alpha value is -2.90. The van der Waals surface area contributed by atoms with E-state index < -0.39 is 6.04 Å². The first-order chi connectivity index (χ1) is 14.0. The molecule has 0 spiro atoms. The van der Waals surface area contributed by atoms with Crippen molar-refractivity contribution in [2.24, 2.45) is 0 Å². The predicted octanol–water partition coefficient (Wildman–Crippen LogP) is 4.44. The second kappa shape index (κ2) is 7.85. The van der Waals surface area contributed by atoms with E-state index in [-0.39, 0.29) is 12.4 Å². The van der Waals surface area contributed by atoms with Crippen LogP contribution in [0.25, 0.3) is 0 Å². The van der Waals surface area contributed by atoms with E-state index in [0.29, 0.717) is 33.0 Å². The van der Waals surface area contributed by atoms with Crippen LogP contribution in [0.2, 0.25) is 10.0 Å². The highest BCUT2D eigenvalue weighted by atomic mass is 35.5. The Morgan fingerprint density at radius 3 is 2.79 bits per heavy atom. The number of Topliss-reactive ketones (excluding diaryl/α,β-unsaturated/α-hetero) is 1. The minimum Gasteiger partial charge on any atom is -0.488 e. The van der Waals surface area contributed by atoms with Crippen LogP contribution in [0, 0.1) is 0 Å². The molecule has 0 saturated heterocycles. The van der Waals surface area contributed by atoms with Crippen molar-refractivity contribution in [2.45, 2.75) is 26.5 Å². The van der Waals surface area contributed by atoms with Crippen molar-refractivity contribution in [3.05, 3.63) is 74.9 Å². The molecule has 2 heterocycles. The number of benzene rings is 2. The van der Waals surface area contributed by atoms with Crippen molar-refractivity contribution in [3.63, 3.8) is 0 Å². The van der Waals surface area contributed by atoms with Crippen molar-refractivity contribution in [1.29, 1.82) is 0 Å². The quantitative estimate of drug-likeness (QED) is 0.645. The van der Waals surface area contributed by atoms with Crippen LogP contribution in [0.4, 0.5) is 5.95 Å². The molecule has 1 aliphatic heterocycles. The molecule has 1 atom stereocenters. The standard InChI is InChI=1S/C20H17Cl2N5O2/c1-11-18(12(2)28)19(27-20(23-11)24-25-26-27)15-5-3-4-6-17(15)29-10-13-7-8-14(21)9-16(13)22/h3-9,19H,10H2,1-2H3,(H,23,24,26). The number of rotatable bonds is 5. The van der Waals surface area contributed by atoms with Crippen molar-refractivity contribution < 1.29 is 9.53 Å². The molecule has 29 heavy (non-hydrogen) atoms. The molecule has 1 N–H and O–H groups in total. The van der Waals surface area contributed by atoms with Crippen LogP contribution in [0.15, 0.2) is 53.7 Å². The zero-order valence-electron chi connectivity index (χ0n) is 15.7. The first-order valence-corrected chi connectivity index (χ1v) is 9.63. The van der Waals surface area contributed by atoms with E-state index >= 15 is 0 Å². The fourth-order valence-corrected chi connectivity index (χ4v) is 3.85. The molecule has 148 valence electrons. The summed E-state index contributed by atoms with van der Waals surface area (Å²) in [5.41, 5.74) is 2.86. The number of allylic oxidation sites excluding steroid dienone is 2. The third-order valence-electron chi connectivity index (χ3n) is 4.71. The number of halogens is 2. The van der Waals surface area contributed by atoms with Gasteiger partial charge in [0, 0.05) is 32.4 Å². The third kappa shape index (κ3) is 3.71. The van der Waals surface area contributed by atoms with Gasteiger partial charge in [0.15, 0.2) is 5.78 Å². The number of tetrazole rings is 1. The summed E-state index contributed by atoms with van der Waals surface area (Å²) in [5.74, 6) is 1.00. The number of nitrogens with one attached hydrogen (secondary N) is 1. The molecule has 0 radical (unpaired) electrons. The van der Waals surface area contributed by atoms with Crippen LogP contribution in [-0.2, 0) is 11.4 Å². The summed E-state index contributed by atoms with van der Waals surface area (Å²) in [7, 11) is 0. The molecule has 0 aliphatic carbocycles. The molecule has 1 aromatic heterocycles. The summed E-state index contributed by atoms with van der Waals surface area (Å²) < 4.78 is 7.67. The number of fused-ring (bicyclic) bond motifs is 1. The Morgan fingerprint density at radius 1 is 1.24 bits per heavy atom. The molecule has 3 aromatic rings. The minimum absolute atomic E-state index is 0.0725. The normalized spacial score (nSPS) is 15.7. The maximum absolute atomic E-state index is 12.4. The monoisotopic (exact) mass is 429 g/mol. The van der Waals surface area contributed by atoms with E-state index in [4.69, 9.17) is 27.9 Å². The number of anilines is 1. The summed E-state index contributed by atoms with van der Waals surface area (Å²) in [4.78, 5) is 12.4. The van der Waals surface area contributed by atoms with Gasteiger partial charge >= 0.3 is 0 Å². The molecule has 1 unspecified atom stereocenters. The average Bonchev–Trinajstić information content (AvgIpc) is 3.14. The largest absolute Gasteiger partial charge is 0.488 e. The zero-order chi connectivity index (χ0) is 20.5. The van der Waals surface area contributed by atoms with Gasteiger partial charge in [-0.3, -0.25) is 4.79 Å². The summed E-state index contributed by atoms with van der Waals surface area (Å²) >= 11 is 12.2. The molecule has 1 aliphatic rings. The van der Waals surface area contributed by atoms with Crippen molar-refractivity contribution in [1.82, 2.24) is 20.2 Å². The molecule has 4 rings (SSSR count). The molecule has 7 nitrogen and oxygen atoms in total. The SMILES string of the molecule is CC(=O)C1=C(C)Nc2nnnn2C1c1ccccc1OCc1ccc(Cl)cc1Cl. The summed E-state index contributed by atoms with van der Waals surface area (Å²) in [6.07, 6.45) is 0. The number of hydrogen-bond acceptors (Lipinski definition) is 6. The van der Waals surface area contributed by atoms with Crippen LogP contribution in [0.5, 0.6) is 5.75 Å². The second-order valence-corrected chi connectivity index (χ2v) is 7.48. The Bertz CT molecular complexity index is 1130. The summed E-state index contributed by atoms with van der Waals surface area (Å²) in [6.45, 7) is 3.61. The number of nitrogens with zero attached hydrogens (tertiary/aromatic N) is 4. The zero-order valence-corrected chi connectivity index (χ0v) is 17.2. The van der Waals surface area contributed by atoms with E-state index in [1.165, 1.54) is 6.92 Å². The van der Waals surface area contributed by atoms with Gasteiger partial charge in [-0.1, -0.05) is 52.6 Å². The first kappa shape index (κ1) is 19.4. The molecule has 0 amide bonds. The van der Waals surface area contributed by atoms with E-state index in [9.17, 15) is 4.79 Å². The molecule has 0 bridgehead atoms. The Labute approximate surface area is 177 Å². The first-order valence-electron chi connectivity index (χ1n) is 8.88. The van der Waals surface area contributed by atoms with Gasteiger partial charge in [-0.05, 0) is 42.5 Å². The van der Waals surface area contributed by atoms with Crippen LogP contribution < -0.4 is 10.1 Å². The van der Waals surface area contributed by atoms with Crippen molar-refractivity contribution >= 4 is 34.9 Å². The fraction of sp³-hybridized carbons (Fsp3) is 0.200. The summed E-state index contributed by atoms with van der Waals surface area (Å²) in [6, 6.07) is 12.3. The number of carbonyl (C=O) groups is 1. The number of ketones is 1. The van der Waals surface area contributed by atoms with E-state index in [1.54, 1.807) is 16.8 Å². The van der Waals surface area contributed by atoms with Crippen LogP contribution in [0.1, 0.15) is 31.0 Å². The van der Waals surface area contributed by atoms with Crippen LogP contribution in [0.3, 0.4) is 0 Å². The smallest absolute Gasteiger partial charge is 0.248 e. The lowest BCUT2D eigenvalue weighted by molar-refractivity contribution is -0.114. The lowest BCUT2D eigenvalue weighted by Gasteiger charge is -2.28. The number of para-hydroxylation sites is 1. The van der Waals surface area contributed by atoms with Gasteiger partial charge in [0.05, 0.1) is 0 Å². The van der Waals surface area contributed by atoms with Gasteiger partial charge < -0.3 is 10.1 Å². The number of aromatic nitrogens is 4. The van der Waals surface area contributed by atoms with E-state index in [1.807, 2.05) is 37.3 Å². The van der Waals surface area contributed by atoms with Gasteiger partial charge in [-0.2, -0.15) is 4.68 Å². The Balaban J connectivity index is 1.73. The van der Waals surface area contributed by atoms with Crippen molar-refractivity contribution in [2.75, 3.05) is 5.32 Å². The predicted molar refractivity (Wildman–Crippen MR) is 110 cm³/mol. The molecular formula is C20H17Cl2N5O2.